The molecule has 1 aromatic heterocycles. The van der Waals surface area contributed by atoms with Crippen molar-refractivity contribution in [2.24, 2.45) is 0 Å². The number of hydrogen-bond acceptors (Lipinski definition) is 3. The van der Waals surface area contributed by atoms with Crippen LogP contribution in [-0.2, 0) is 4.74 Å². The molecule has 0 saturated heterocycles. The molecule has 0 radical (unpaired) electrons. The summed E-state index contributed by atoms with van der Waals surface area (Å²) in [6, 6.07) is 3.76. The molecule has 0 saturated carbocycles. The number of anilines is 1. The van der Waals surface area contributed by atoms with E-state index in [-0.39, 0.29) is 6.61 Å². The van der Waals surface area contributed by atoms with E-state index in [0.717, 1.165) is 11.4 Å². The normalized spacial score (nSPS) is 10.7. The summed E-state index contributed by atoms with van der Waals surface area (Å²) < 4.78 is 28.0. The predicted molar refractivity (Wildman–Crippen MR) is 54.3 cm³/mol. The first kappa shape index (κ1) is 11.8. The van der Waals surface area contributed by atoms with Gasteiger partial charge in [0.1, 0.15) is 12.4 Å². The molecule has 0 bridgehead atoms. The van der Waals surface area contributed by atoms with Crippen LogP contribution in [0.25, 0.3) is 0 Å². The molecular formula is C10H14F2N2O. The first-order valence-corrected chi connectivity index (χ1v) is 4.71. The summed E-state index contributed by atoms with van der Waals surface area (Å²) in [4.78, 5) is 4.10. The van der Waals surface area contributed by atoms with Crippen LogP contribution >= 0.6 is 0 Å². The van der Waals surface area contributed by atoms with E-state index in [1.54, 1.807) is 6.20 Å². The van der Waals surface area contributed by atoms with Gasteiger partial charge in [0.25, 0.3) is 6.43 Å². The van der Waals surface area contributed by atoms with Gasteiger partial charge in [-0.3, -0.25) is 0 Å². The van der Waals surface area contributed by atoms with Gasteiger partial charge < -0.3 is 10.1 Å². The van der Waals surface area contributed by atoms with Crippen molar-refractivity contribution >= 4 is 5.82 Å². The van der Waals surface area contributed by atoms with Gasteiger partial charge in [-0.25, -0.2) is 13.8 Å². The fraction of sp³-hybridized carbons (Fsp3) is 0.500. The molecule has 1 rings (SSSR count). The molecule has 0 aliphatic heterocycles. The number of ether oxygens (including phenoxy) is 1. The van der Waals surface area contributed by atoms with Crippen LogP contribution in [0.3, 0.4) is 0 Å². The molecule has 1 heterocycles. The van der Waals surface area contributed by atoms with Crippen molar-refractivity contribution in [1.82, 2.24) is 4.98 Å². The number of hydrogen-bond donors (Lipinski definition) is 1. The summed E-state index contributed by atoms with van der Waals surface area (Å²) in [7, 11) is 0. The number of nitrogens with one attached hydrogen (secondary N) is 1. The van der Waals surface area contributed by atoms with Crippen LogP contribution in [-0.4, -0.2) is 31.2 Å². The van der Waals surface area contributed by atoms with E-state index in [2.05, 4.69) is 10.3 Å². The summed E-state index contributed by atoms with van der Waals surface area (Å²) in [6.45, 7) is 2.16. The molecule has 0 aliphatic carbocycles. The van der Waals surface area contributed by atoms with Crippen LogP contribution in [0, 0.1) is 6.92 Å². The molecular weight excluding hydrogens is 202 g/mol. The first-order valence-electron chi connectivity index (χ1n) is 4.71. The largest absolute Gasteiger partial charge is 0.374 e. The minimum absolute atomic E-state index is 0.250. The Labute approximate surface area is 87.5 Å². The third-order valence-electron chi connectivity index (χ3n) is 1.71. The number of alkyl halides is 2. The van der Waals surface area contributed by atoms with Gasteiger partial charge in [-0.2, -0.15) is 0 Å². The van der Waals surface area contributed by atoms with Gasteiger partial charge in [-0.05, 0) is 18.6 Å². The summed E-state index contributed by atoms with van der Waals surface area (Å²) in [5.74, 6) is 0.723. The second-order valence-electron chi connectivity index (χ2n) is 3.11. The van der Waals surface area contributed by atoms with Crippen LogP contribution in [0.5, 0.6) is 0 Å². The molecule has 84 valence electrons. The Morgan fingerprint density at radius 3 is 2.87 bits per heavy atom. The average Bonchev–Trinajstić information content (AvgIpc) is 2.20. The van der Waals surface area contributed by atoms with E-state index >= 15 is 0 Å². The van der Waals surface area contributed by atoms with E-state index in [0.29, 0.717) is 6.54 Å². The molecule has 0 spiro atoms. The monoisotopic (exact) mass is 216 g/mol. The Morgan fingerprint density at radius 1 is 1.47 bits per heavy atom. The van der Waals surface area contributed by atoms with Crippen molar-refractivity contribution in [3.05, 3.63) is 23.9 Å². The van der Waals surface area contributed by atoms with Crippen LogP contribution < -0.4 is 5.32 Å². The van der Waals surface area contributed by atoms with E-state index in [4.69, 9.17) is 4.74 Å². The third kappa shape index (κ3) is 5.27. The molecule has 5 heteroatoms. The van der Waals surface area contributed by atoms with Crippen LogP contribution in [0.1, 0.15) is 5.56 Å². The van der Waals surface area contributed by atoms with Crippen molar-refractivity contribution in [1.29, 1.82) is 0 Å². The number of aromatic nitrogens is 1. The Morgan fingerprint density at radius 2 is 2.27 bits per heavy atom. The van der Waals surface area contributed by atoms with Gasteiger partial charge in [-0.1, -0.05) is 6.07 Å². The van der Waals surface area contributed by atoms with Gasteiger partial charge >= 0.3 is 0 Å². The molecule has 1 N–H and O–H groups in total. The second kappa shape index (κ2) is 6.29. The molecule has 0 amide bonds. The topological polar surface area (TPSA) is 34.1 Å². The SMILES string of the molecule is Cc1ccc(NCCOCC(F)F)nc1. The number of aryl methyl sites for hydroxylation is 1. The summed E-state index contributed by atoms with van der Waals surface area (Å²) in [6.07, 6.45) is -0.662. The molecule has 3 nitrogen and oxygen atoms in total. The molecule has 0 aromatic carbocycles. The fourth-order valence-corrected chi connectivity index (χ4v) is 0.996. The average molecular weight is 216 g/mol. The van der Waals surface area contributed by atoms with Gasteiger partial charge in [0.2, 0.25) is 0 Å². The highest BCUT2D eigenvalue weighted by Crippen LogP contribution is 2.02. The van der Waals surface area contributed by atoms with Crippen molar-refractivity contribution in [3.8, 4) is 0 Å². The maximum atomic E-state index is 11.7. The zero-order valence-electron chi connectivity index (χ0n) is 8.54. The Balaban J connectivity index is 2.12. The van der Waals surface area contributed by atoms with Crippen molar-refractivity contribution < 1.29 is 13.5 Å². The zero-order chi connectivity index (χ0) is 11.1. The lowest BCUT2D eigenvalue weighted by molar-refractivity contribution is 0.0215. The third-order valence-corrected chi connectivity index (χ3v) is 1.71. The summed E-state index contributed by atoms with van der Waals surface area (Å²) in [5, 5.41) is 2.96. The van der Waals surface area contributed by atoms with Crippen molar-refractivity contribution in [3.63, 3.8) is 0 Å². The Kier molecular flexibility index (Phi) is 4.97. The lowest BCUT2D eigenvalue weighted by Gasteiger charge is -2.06. The molecule has 0 fully saturated rings. The molecule has 15 heavy (non-hydrogen) atoms. The Hall–Kier alpha value is -1.23. The van der Waals surface area contributed by atoms with Gasteiger partial charge in [0, 0.05) is 12.7 Å². The van der Waals surface area contributed by atoms with Crippen LogP contribution in [0.4, 0.5) is 14.6 Å². The van der Waals surface area contributed by atoms with Gasteiger partial charge in [-0.15, -0.1) is 0 Å². The summed E-state index contributed by atoms with van der Waals surface area (Å²) in [5.41, 5.74) is 1.08. The molecule has 0 aliphatic rings. The van der Waals surface area contributed by atoms with Gasteiger partial charge in [0.15, 0.2) is 0 Å². The highest BCUT2D eigenvalue weighted by atomic mass is 19.3. The quantitative estimate of drug-likeness (QED) is 0.739. The standard InChI is InChI=1S/C10H14F2N2O/c1-8-2-3-10(14-6-8)13-4-5-15-7-9(11)12/h2-3,6,9H,4-5,7H2,1H3,(H,13,14). The molecule has 0 unspecified atom stereocenters. The highest BCUT2D eigenvalue weighted by molar-refractivity contribution is 5.34. The highest BCUT2D eigenvalue weighted by Gasteiger charge is 2.00. The van der Waals surface area contributed by atoms with E-state index < -0.39 is 13.0 Å². The second-order valence-corrected chi connectivity index (χ2v) is 3.11. The van der Waals surface area contributed by atoms with Crippen LogP contribution in [0.15, 0.2) is 18.3 Å². The van der Waals surface area contributed by atoms with Crippen molar-refractivity contribution in [2.45, 2.75) is 13.3 Å². The lowest BCUT2D eigenvalue weighted by Crippen LogP contribution is -2.13. The number of pyridine rings is 1. The first-order chi connectivity index (χ1) is 7.18. The van der Waals surface area contributed by atoms with E-state index in [1.807, 2.05) is 19.1 Å². The fourth-order valence-electron chi connectivity index (χ4n) is 0.996. The summed E-state index contributed by atoms with van der Waals surface area (Å²) >= 11 is 0. The maximum absolute atomic E-state index is 11.7. The number of rotatable bonds is 6. The minimum atomic E-state index is -2.40. The molecule has 0 atom stereocenters. The lowest BCUT2D eigenvalue weighted by atomic mass is 10.3. The van der Waals surface area contributed by atoms with E-state index in [1.165, 1.54) is 0 Å². The predicted octanol–water partition coefficient (Wildman–Crippen LogP) is 2.08. The zero-order valence-corrected chi connectivity index (χ0v) is 8.54. The smallest absolute Gasteiger partial charge is 0.261 e. The van der Waals surface area contributed by atoms with Gasteiger partial charge in [0.05, 0.1) is 6.61 Å². The van der Waals surface area contributed by atoms with E-state index in [9.17, 15) is 8.78 Å². The van der Waals surface area contributed by atoms with Crippen LogP contribution in [0.2, 0.25) is 0 Å². The minimum Gasteiger partial charge on any atom is -0.374 e. The maximum Gasteiger partial charge on any atom is 0.261 e. The number of halogens is 2. The Bertz CT molecular complexity index is 277. The van der Waals surface area contributed by atoms with Crippen molar-refractivity contribution in [2.75, 3.05) is 25.1 Å². The number of nitrogens with zero attached hydrogens (tertiary/aromatic N) is 1. The molecule has 1 aromatic rings.